The fourth-order valence-corrected chi connectivity index (χ4v) is 4.05. The van der Waals surface area contributed by atoms with Gasteiger partial charge in [0.15, 0.2) is 0 Å². The van der Waals surface area contributed by atoms with Crippen molar-refractivity contribution in [1.82, 2.24) is 0 Å². The molecule has 1 aliphatic carbocycles. The number of hydrogen-bond acceptors (Lipinski definition) is 2. The maximum absolute atomic E-state index is 11.2. The van der Waals surface area contributed by atoms with Gasteiger partial charge in [-0.3, -0.25) is 10.1 Å². The van der Waals surface area contributed by atoms with Crippen LogP contribution in [0.25, 0.3) is 0 Å². The second-order valence-corrected chi connectivity index (χ2v) is 7.24. The molecule has 0 heterocycles. The normalized spacial score (nSPS) is 13.8. The number of nitrogens with zero attached hydrogens (tertiary/aromatic N) is 1. The lowest BCUT2D eigenvalue weighted by atomic mass is 9.88. The first-order valence-corrected chi connectivity index (χ1v) is 8.58. The summed E-state index contributed by atoms with van der Waals surface area (Å²) in [7, 11) is 0. The minimum absolute atomic E-state index is 0.228. The van der Waals surface area contributed by atoms with E-state index >= 15 is 0 Å². The number of nitro benzene ring substituents is 1. The minimum atomic E-state index is -0.272. The number of rotatable bonds is 1. The summed E-state index contributed by atoms with van der Waals surface area (Å²) in [6.07, 6.45) is 3.61. The topological polar surface area (TPSA) is 43.1 Å². The highest BCUT2D eigenvalue weighted by molar-refractivity contribution is 14.1. The van der Waals surface area contributed by atoms with Crippen molar-refractivity contribution < 1.29 is 4.92 Å². The van der Waals surface area contributed by atoms with Gasteiger partial charge in [0, 0.05) is 15.7 Å². The van der Waals surface area contributed by atoms with Crippen molar-refractivity contribution in [3.8, 4) is 0 Å². The molecule has 0 N–H and O–H groups in total. The largest absolute Gasteiger partial charge is 0.269 e. The summed E-state index contributed by atoms with van der Waals surface area (Å²) in [5.74, 6) is 0. The van der Waals surface area contributed by atoms with Gasteiger partial charge in [-0.1, -0.05) is 0 Å². The van der Waals surface area contributed by atoms with Gasteiger partial charge in [-0.25, -0.2) is 0 Å². The molecule has 3 nitrogen and oxygen atoms in total. The van der Waals surface area contributed by atoms with Gasteiger partial charge >= 0.3 is 0 Å². The highest BCUT2D eigenvalue weighted by Gasteiger charge is 2.17. The molecule has 4 heteroatoms. The van der Waals surface area contributed by atoms with Gasteiger partial charge in [-0.05, 0) is 108 Å². The van der Waals surface area contributed by atoms with Crippen LogP contribution < -0.4 is 0 Å². The van der Waals surface area contributed by atoms with E-state index in [1.807, 2.05) is 0 Å². The summed E-state index contributed by atoms with van der Waals surface area (Å²) in [4.78, 5) is 10.9. The molecule has 0 amide bonds. The molecule has 0 spiro atoms. The van der Waals surface area contributed by atoms with Gasteiger partial charge in [0.2, 0.25) is 0 Å². The minimum Gasteiger partial charge on any atom is -0.258 e. The first-order valence-electron chi connectivity index (χ1n) is 7.50. The fraction of sp³-hybridized carbons (Fsp3) is 0.333. The molecule has 22 heavy (non-hydrogen) atoms. The number of benzene rings is 2. The van der Waals surface area contributed by atoms with Crippen LogP contribution in [0.5, 0.6) is 0 Å². The summed E-state index contributed by atoms with van der Waals surface area (Å²) in [6, 6.07) is 8.00. The molecule has 2 aromatic rings. The van der Waals surface area contributed by atoms with Gasteiger partial charge in [0.05, 0.1) is 4.92 Å². The molecule has 0 aromatic heterocycles. The van der Waals surface area contributed by atoms with E-state index in [1.165, 1.54) is 25.8 Å². The third-order valence-corrected chi connectivity index (χ3v) is 5.36. The molecule has 0 unspecified atom stereocenters. The van der Waals surface area contributed by atoms with E-state index in [9.17, 15) is 10.1 Å². The lowest BCUT2D eigenvalue weighted by Crippen LogP contribution is -2.07. The van der Waals surface area contributed by atoms with Crippen LogP contribution in [-0.4, -0.2) is 4.92 Å². The van der Waals surface area contributed by atoms with E-state index in [1.54, 1.807) is 12.1 Å². The van der Waals surface area contributed by atoms with E-state index in [0.29, 0.717) is 0 Å². The molecule has 0 fully saturated rings. The summed E-state index contributed by atoms with van der Waals surface area (Å²) in [6.45, 7) is 4.30. The Labute approximate surface area is 144 Å². The van der Waals surface area contributed by atoms with Gasteiger partial charge in [0.1, 0.15) is 0 Å². The Bertz CT molecular complexity index is 718. The van der Waals surface area contributed by atoms with Crippen molar-refractivity contribution in [3.63, 3.8) is 0 Å². The van der Waals surface area contributed by atoms with E-state index < -0.39 is 0 Å². The van der Waals surface area contributed by atoms with Crippen LogP contribution in [0.1, 0.15) is 33.4 Å². The van der Waals surface area contributed by atoms with Crippen LogP contribution in [-0.2, 0) is 25.7 Å². The molecule has 0 atom stereocenters. The number of halogens is 1. The highest BCUT2D eigenvalue weighted by atomic mass is 127. The smallest absolute Gasteiger partial charge is 0.258 e. The Balaban J connectivity index is 2.11. The van der Waals surface area contributed by atoms with Crippen molar-refractivity contribution in [2.45, 2.75) is 39.5 Å². The number of non-ortho nitro benzene ring substituents is 1. The van der Waals surface area contributed by atoms with Gasteiger partial charge in [-0.2, -0.15) is 0 Å². The van der Waals surface area contributed by atoms with Crippen molar-refractivity contribution in [1.29, 1.82) is 0 Å². The third-order valence-electron chi connectivity index (χ3n) is 4.73. The molecule has 114 valence electrons. The van der Waals surface area contributed by atoms with E-state index in [0.717, 1.165) is 36.8 Å². The van der Waals surface area contributed by atoms with Crippen molar-refractivity contribution in [2.75, 3.05) is 0 Å². The quantitative estimate of drug-likeness (QED) is 0.391. The Morgan fingerprint density at radius 2 is 1.23 bits per heavy atom. The molecule has 1 aliphatic rings. The predicted molar refractivity (Wildman–Crippen MR) is 96.5 cm³/mol. The van der Waals surface area contributed by atoms with Crippen LogP contribution in [0.15, 0.2) is 24.3 Å². The summed E-state index contributed by atoms with van der Waals surface area (Å²) in [5, 5.41) is 11.2. The van der Waals surface area contributed by atoms with Crippen molar-refractivity contribution in [3.05, 3.63) is 71.3 Å². The van der Waals surface area contributed by atoms with Gasteiger partial charge in [-0.15, -0.1) is 0 Å². The number of hydrogen-bond donors (Lipinski definition) is 0. The number of fused-ring (bicyclic) bond motifs is 4. The maximum Gasteiger partial charge on any atom is 0.269 e. The zero-order chi connectivity index (χ0) is 15.9. The lowest BCUT2D eigenvalue weighted by molar-refractivity contribution is -0.385. The Hall–Kier alpha value is -1.43. The van der Waals surface area contributed by atoms with Crippen LogP contribution in [0.3, 0.4) is 0 Å². The van der Waals surface area contributed by atoms with Crippen LogP contribution in [0.2, 0.25) is 0 Å². The first-order chi connectivity index (χ1) is 10.5. The lowest BCUT2D eigenvalue weighted by Gasteiger charge is -2.18. The molecule has 2 aromatic carbocycles. The van der Waals surface area contributed by atoms with Crippen LogP contribution >= 0.6 is 22.6 Å². The number of nitro groups is 1. The predicted octanol–water partition coefficient (Wildman–Crippen LogP) is 4.70. The van der Waals surface area contributed by atoms with Gasteiger partial charge in [0.25, 0.3) is 5.69 Å². The zero-order valence-electron chi connectivity index (χ0n) is 12.8. The monoisotopic (exact) mass is 407 g/mol. The van der Waals surface area contributed by atoms with Crippen molar-refractivity contribution >= 4 is 28.3 Å². The standard InChI is InChI=1S/C18H18INO2/c1-11-13-3-5-15-9-18(20(21)22)10-16(12(15)2)6-4-14(11)8-17(19)7-13/h7-10H,3-6H2,1-2H3. The molecule has 0 aliphatic heterocycles. The maximum atomic E-state index is 11.2. The second-order valence-electron chi connectivity index (χ2n) is 6.00. The average molecular weight is 407 g/mol. The Morgan fingerprint density at radius 3 is 1.59 bits per heavy atom. The summed E-state index contributed by atoms with van der Waals surface area (Å²) < 4.78 is 1.28. The van der Waals surface area contributed by atoms with Crippen LogP contribution in [0.4, 0.5) is 5.69 Å². The first kappa shape index (κ1) is 15.5. The molecule has 0 radical (unpaired) electrons. The SMILES string of the molecule is Cc1c2cc(I)cc1CCc1cc([N+](=O)[O-])cc(c1C)CC2. The molecule has 3 rings (SSSR count). The highest BCUT2D eigenvalue weighted by Crippen LogP contribution is 2.29. The second kappa shape index (κ2) is 5.99. The molecular formula is C18H18INO2. The van der Waals surface area contributed by atoms with Crippen molar-refractivity contribution in [2.24, 2.45) is 0 Å². The average Bonchev–Trinajstić information content (AvgIpc) is 2.47. The van der Waals surface area contributed by atoms with Crippen LogP contribution in [0, 0.1) is 27.5 Å². The zero-order valence-corrected chi connectivity index (χ0v) is 14.9. The van der Waals surface area contributed by atoms with E-state index in [2.05, 4.69) is 48.6 Å². The van der Waals surface area contributed by atoms with E-state index in [4.69, 9.17) is 0 Å². The summed E-state index contributed by atoms with van der Waals surface area (Å²) in [5.41, 5.74) is 7.82. The third kappa shape index (κ3) is 2.89. The Kier molecular flexibility index (Phi) is 4.21. The number of aryl methyl sites for hydroxylation is 4. The molecular weight excluding hydrogens is 389 g/mol. The summed E-state index contributed by atoms with van der Waals surface area (Å²) >= 11 is 2.38. The molecule has 0 saturated carbocycles. The Morgan fingerprint density at radius 1 is 0.864 bits per heavy atom. The molecule has 4 bridgehead atoms. The fourth-order valence-electron chi connectivity index (χ4n) is 3.30. The van der Waals surface area contributed by atoms with Gasteiger partial charge < -0.3 is 0 Å². The van der Waals surface area contributed by atoms with E-state index in [-0.39, 0.29) is 10.6 Å². The molecule has 0 saturated heterocycles.